The van der Waals surface area contributed by atoms with E-state index in [1.807, 2.05) is 0 Å². The predicted molar refractivity (Wildman–Crippen MR) is 172 cm³/mol. The molecule has 239 valence electrons. The van der Waals surface area contributed by atoms with E-state index in [2.05, 4.69) is 33.9 Å². The molecule has 0 aromatic carbocycles. The first-order chi connectivity index (χ1) is 20.9. The summed E-state index contributed by atoms with van der Waals surface area (Å²) in [5.41, 5.74) is 16.7. The highest BCUT2D eigenvalue weighted by Crippen LogP contribution is 2.24. The first-order valence-electron chi connectivity index (χ1n) is 15.9. The van der Waals surface area contributed by atoms with Crippen molar-refractivity contribution in [2.75, 3.05) is 39.6 Å². The Balaban J connectivity index is 0. The van der Waals surface area contributed by atoms with Crippen LogP contribution in [0.15, 0.2) is 10.2 Å². The van der Waals surface area contributed by atoms with Crippen LogP contribution >= 0.6 is 19.3 Å². The normalized spacial score (nSPS) is 15.0. The van der Waals surface area contributed by atoms with Crippen molar-refractivity contribution in [2.24, 2.45) is 10.2 Å². The molecule has 3 N–H and O–H groups in total. The zero-order chi connectivity index (χ0) is 32.4. The van der Waals surface area contributed by atoms with E-state index < -0.39 is 19.7 Å². The number of aliphatic hydroxyl groups is 3. The van der Waals surface area contributed by atoms with Crippen molar-refractivity contribution < 1.29 is 29.0 Å². The molecule has 0 aromatic rings. The topological polar surface area (TPSA) is 186 Å². The largest absolute Gasteiger partial charge is 0.396 e. The average Bonchev–Trinajstić information content (AvgIpc) is 3.00. The fourth-order valence-corrected chi connectivity index (χ4v) is 4.30. The fourth-order valence-electron chi connectivity index (χ4n) is 3.66. The van der Waals surface area contributed by atoms with Crippen LogP contribution in [0.3, 0.4) is 0 Å². The Morgan fingerprint density at radius 3 is 1.78 bits per heavy atom. The molecule has 41 heavy (non-hydrogen) atoms. The molecule has 0 aliphatic heterocycles. The van der Waals surface area contributed by atoms with Crippen LogP contribution in [-0.4, -0.2) is 89.4 Å². The minimum atomic E-state index is -1.38. The van der Waals surface area contributed by atoms with Gasteiger partial charge in [-0.15, -0.1) is 0 Å². The maximum absolute atomic E-state index is 9.87. The molecule has 0 amide bonds. The smallest absolute Gasteiger partial charge is 0.137 e. The van der Waals surface area contributed by atoms with E-state index in [0.29, 0.717) is 26.1 Å². The van der Waals surface area contributed by atoms with Crippen molar-refractivity contribution in [3.05, 3.63) is 20.9 Å². The van der Waals surface area contributed by atoms with Gasteiger partial charge < -0.3 is 29.0 Å². The van der Waals surface area contributed by atoms with Gasteiger partial charge in [0.25, 0.3) is 0 Å². The van der Waals surface area contributed by atoms with Crippen LogP contribution in [0.2, 0.25) is 0 Å². The summed E-state index contributed by atoms with van der Waals surface area (Å²) >= 11 is 0.899. The van der Waals surface area contributed by atoms with Gasteiger partial charge in [0.05, 0.1) is 52.0 Å². The Morgan fingerprint density at radius 1 is 0.829 bits per heavy atom. The summed E-state index contributed by atoms with van der Waals surface area (Å²) in [6.45, 7) is 5.53. The summed E-state index contributed by atoms with van der Waals surface area (Å²) in [6.07, 6.45) is 13.9. The molecule has 0 fully saturated rings. The molecule has 0 bridgehead atoms. The summed E-state index contributed by atoms with van der Waals surface area (Å²) in [5.74, 6) is 0. The molecular formula is C26H55BN6O6PS. The van der Waals surface area contributed by atoms with E-state index >= 15 is 0 Å². The summed E-state index contributed by atoms with van der Waals surface area (Å²) < 4.78 is 30.2. The zero-order valence-corrected chi connectivity index (χ0v) is 26.8. The van der Waals surface area contributed by atoms with E-state index in [4.69, 9.17) is 32.4 Å². The van der Waals surface area contributed by atoms with Crippen LogP contribution in [0, 0.1) is 0 Å². The molecule has 0 spiro atoms. The second kappa shape index (κ2) is 35.4. The van der Waals surface area contributed by atoms with Crippen molar-refractivity contribution in [1.82, 2.24) is 0 Å². The third kappa shape index (κ3) is 33.6. The molecule has 1 unspecified atom stereocenters. The molecule has 1 radical (unpaired) electrons. The van der Waals surface area contributed by atoms with Gasteiger partial charge in [0.2, 0.25) is 0 Å². The Kier molecular flexibility index (Phi) is 33.0. The lowest BCUT2D eigenvalue weighted by molar-refractivity contribution is 0.0623. The van der Waals surface area contributed by atoms with Gasteiger partial charge in [-0.05, 0) is 38.1 Å². The predicted octanol–water partition coefficient (Wildman–Crippen LogP) is 6.65. The van der Waals surface area contributed by atoms with Crippen LogP contribution in [0.4, 0.5) is 0 Å². The number of nitrogens with zero attached hydrogens (tertiary/aromatic N) is 6. The van der Waals surface area contributed by atoms with Gasteiger partial charge >= 0.3 is 0 Å². The minimum Gasteiger partial charge on any atom is -0.396 e. The third-order valence-electron chi connectivity index (χ3n) is 6.09. The summed E-state index contributed by atoms with van der Waals surface area (Å²) in [6, 6.07) is -1.00. The molecule has 0 saturated heterocycles. The third-order valence-corrected chi connectivity index (χ3v) is 6.99. The lowest BCUT2D eigenvalue weighted by Gasteiger charge is -2.13. The molecule has 12 nitrogen and oxygen atoms in total. The van der Waals surface area contributed by atoms with Crippen molar-refractivity contribution in [2.45, 2.75) is 128 Å². The highest BCUT2D eigenvalue weighted by molar-refractivity contribution is 8.53. The van der Waals surface area contributed by atoms with Crippen LogP contribution in [0.25, 0.3) is 20.9 Å². The summed E-state index contributed by atoms with van der Waals surface area (Å²) in [7, 11) is -0.359. The van der Waals surface area contributed by atoms with Gasteiger partial charge in [-0.3, -0.25) is 0 Å². The fraction of sp³-hybridized carbons (Fsp3) is 1.00. The number of aliphatic hydroxyl groups excluding tert-OH is 3. The number of rotatable bonds is 30. The molecule has 0 aromatic heterocycles. The molecular weight excluding hydrogens is 566 g/mol. The van der Waals surface area contributed by atoms with Gasteiger partial charge in [-0.25, -0.2) is 0 Å². The lowest BCUT2D eigenvalue weighted by Crippen LogP contribution is -2.20. The van der Waals surface area contributed by atoms with E-state index in [1.54, 1.807) is 0 Å². The Bertz CT molecular complexity index is 709. The molecule has 0 heterocycles. The minimum absolute atomic E-state index is 0.139. The quantitative estimate of drug-likeness (QED) is 0.0152. The van der Waals surface area contributed by atoms with Crippen molar-refractivity contribution in [3.63, 3.8) is 0 Å². The summed E-state index contributed by atoms with van der Waals surface area (Å²) in [5, 5.41) is 35.4. The highest BCUT2D eigenvalue weighted by Gasteiger charge is 2.09. The van der Waals surface area contributed by atoms with Gasteiger partial charge in [0.1, 0.15) is 7.53 Å². The maximum Gasteiger partial charge on any atom is 0.137 e. The van der Waals surface area contributed by atoms with E-state index in [9.17, 15) is 10.2 Å². The second-order valence-electron chi connectivity index (χ2n) is 9.81. The summed E-state index contributed by atoms with van der Waals surface area (Å²) in [4.78, 5) is 5.37. The van der Waals surface area contributed by atoms with Crippen LogP contribution < -0.4 is 0 Å². The van der Waals surface area contributed by atoms with Crippen molar-refractivity contribution >= 4 is 26.8 Å². The zero-order valence-electron chi connectivity index (χ0n) is 27.1. The standard InChI is InChI=1S/C13H28BN3O3PS.C13H27N3O3/c1-2-3-4-5-6-7-13(18)8-9-19-10-12(16-17-15)11-20-22-21-14;1-2-3-4-5-6-7-13(18)8-9-19-11-12(10-17)15-16-14/h12-14,18,21H,2-11H2,1H3;12-13,17-18H,2-11H2,1H3/t12-,13-,21?;12-,13+/m10/s1/i14T,21D;. The highest BCUT2D eigenvalue weighted by atomic mass is 32.7. The van der Waals surface area contributed by atoms with Crippen LogP contribution in [0.5, 0.6) is 0 Å². The molecule has 0 aliphatic rings. The van der Waals surface area contributed by atoms with Crippen molar-refractivity contribution in [3.8, 4) is 0 Å². The number of hydrogen-bond donors (Lipinski definition) is 3. The monoisotopic (exact) mass is 624 g/mol. The van der Waals surface area contributed by atoms with Gasteiger partial charge in [-0.2, -0.15) is 0 Å². The molecule has 5 atom stereocenters. The Morgan fingerprint density at radius 2 is 1.32 bits per heavy atom. The Hall–Kier alpha value is -0.775. The first kappa shape index (κ1) is 38.2. The van der Waals surface area contributed by atoms with Crippen LogP contribution in [-0.2, 0) is 13.7 Å². The molecule has 15 heteroatoms. The molecule has 0 rings (SSSR count). The van der Waals surface area contributed by atoms with Gasteiger partial charge in [0, 0.05) is 34.7 Å². The number of hydrogen-bond acceptors (Lipinski definition) is 9. The number of azide groups is 2. The van der Waals surface area contributed by atoms with E-state index in [0.717, 1.165) is 51.3 Å². The first-order valence-corrected chi connectivity index (χ1v) is 17.2. The van der Waals surface area contributed by atoms with E-state index in [1.165, 1.54) is 44.9 Å². The lowest BCUT2D eigenvalue weighted by atomic mass is 10.1. The second-order valence-corrected chi connectivity index (χ2v) is 11.5. The SMILES string of the molecule is CCCCCCC[C@@H](O)CCOC[C@H](CO)N=[N+]=[N-].[2H]P([B][3H])SOC[C@@H](COCC[C@H](O)CCCCCCC)N=[N+]=[N-]. The Labute approximate surface area is 257 Å². The maximum atomic E-state index is 9.87. The van der Waals surface area contributed by atoms with Gasteiger partial charge in [0.15, 0.2) is 0 Å². The van der Waals surface area contributed by atoms with Crippen molar-refractivity contribution in [1.29, 1.82) is 2.61 Å². The van der Waals surface area contributed by atoms with Gasteiger partial charge in [-0.1, -0.05) is 95.9 Å². The van der Waals surface area contributed by atoms with Crippen LogP contribution in [0.1, 0.15) is 104 Å². The number of ether oxygens (including phenoxy) is 2. The average molecular weight is 625 g/mol. The molecule has 0 saturated carbocycles. The van der Waals surface area contributed by atoms with E-state index in [-0.39, 0.29) is 38.6 Å². The number of unbranched alkanes of at least 4 members (excludes halogenated alkanes) is 8. The molecule has 0 aliphatic carbocycles.